The minimum absolute atomic E-state index is 0.0795. The predicted molar refractivity (Wildman–Crippen MR) is 127 cm³/mol. The van der Waals surface area contributed by atoms with Gasteiger partial charge in [0, 0.05) is 11.3 Å². The predicted octanol–water partition coefficient (Wildman–Crippen LogP) is 4.76. The van der Waals surface area contributed by atoms with E-state index in [9.17, 15) is 9.59 Å². The van der Waals surface area contributed by atoms with Gasteiger partial charge in [-0.15, -0.1) is 0 Å². The van der Waals surface area contributed by atoms with Crippen LogP contribution in [0.25, 0.3) is 0 Å². The van der Waals surface area contributed by atoms with E-state index in [0.717, 1.165) is 22.5 Å². The van der Waals surface area contributed by atoms with Crippen molar-refractivity contribution in [2.24, 2.45) is 15.9 Å². The summed E-state index contributed by atoms with van der Waals surface area (Å²) in [6.45, 7) is 7.95. The molecule has 1 N–H and O–H groups in total. The zero-order valence-electron chi connectivity index (χ0n) is 18.1. The smallest absolute Gasteiger partial charge is 0.259 e. The third-order valence-electron chi connectivity index (χ3n) is 5.36. The van der Waals surface area contributed by atoms with E-state index >= 15 is 0 Å². The first kappa shape index (κ1) is 21.3. The fourth-order valence-electron chi connectivity index (χ4n) is 3.59. The highest BCUT2D eigenvalue weighted by atomic mass is 32.2. The number of aliphatic imine (C=N–C) groups is 2. The number of nitrogens with zero attached hydrogens (tertiary/aromatic N) is 3. The minimum atomic E-state index is -0.437. The summed E-state index contributed by atoms with van der Waals surface area (Å²) in [5.74, 6) is 0.518. The van der Waals surface area contributed by atoms with Gasteiger partial charge in [0.1, 0.15) is 11.9 Å². The van der Waals surface area contributed by atoms with Crippen molar-refractivity contribution in [3.8, 4) is 0 Å². The highest BCUT2D eigenvalue weighted by Crippen LogP contribution is 2.36. The van der Waals surface area contributed by atoms with Crippen molar-refractivity contribution in [1.82, 2.24) is 4.90 Å². The van der Waals surface area contributed by atoms with E-state index < -0.39 is 11.3 Å². The van der Waals surface area contributed by atoms with E-state index in [0.29, 0.717) is 17.4 Å². The molecule has 6 nitrogen and oxygen atoms in total. The number of rotatable bonds is 5. The summed E-state index contributed by atoms with van der Waals surface area (Å²) in [6, 6.07) is 15.0. The molecule has 0 unspecified atom stereocenters. The first-order valence-electron chi connectivity index (χ1n) is 10.5. The number of anilines is 1. The first-order valence-corrected chi connectivity index (χ1v) is 11.4. The molecule has 31 heavy (non-hydrogen) atoms. The van der Waals surface area contributed by atoms with Crippen LogP contribution in [0.1, 0.15) is 38.3 Å². The molecule has 0 saturated carbocycles. The van der Waals surface area contributed by atoms with Crippen LogP contribution < -0.4 is 5.32 Å². The van der Waals surface area contributed by atoms with Crippen LogP contribution in [-0.4, -0.2) is 39.0 Å². The van der Waals surface area contributed by atoms with Crippen LogP contribution in [0.5, 0.6) is 0 Å². The Hall–Kier alpha value is -2.93. The molecule has 0 saturated heterocycles. The lowest BCUT2D eigenvalue weighted by atomic mass is 10.1. The van der Waals surface area contributed by atoms with Crippen molar-refractivity contribution in [3.63, 3.8) is 0 Å². The Bertz CT molecular complexity index is 1080. The van der Waals surface area contributed by atoms with Crippen molar-refractivity contribution < 1.29 is 9.59 Å². The third-order valence-corrected chi connectivity index (χ3v) is 6.68. The molecule has 0 aromatic heterocycles. The first-order chi connectivity index (χ1) is 14.9. The quantitative estimate of drug-likeness (QED) is 0.737. The van der Waals surface area contributed by atoms with E-state index in [2.05, 4.69) is 5.32 Å². The number of hydrogen-bond acceptors (Lipinski definition) is 5. The third kappa shape index (κ3) is 4.14. The molecule has 0 bridgehead atoms. The van der Waals surface area contributed by atoms with Gasteiger partial charge in [-0.05, 0) is 43.5 Å². The van der Waals surface area contributed by atoms with Gasteiger partial charge in [0.15, 0.2) is 5.17 Å². The molecule has 7 heteroatoms. The number of benzene rings is 2. The van der Waals surface area contributed by atoms with Gasteiger partial charge in [0.25, 0.3) is 5.91 Å². The van der Waals surface area contributed by atoms with E-state index in [1.807, 2.05) is 76.2 Å². The number of amidine groups is 2. The maximum absolute atomic E-state index is 13.2. The lowest BCUT2D eigenvalue weighted by Gasteiger charge is -2.27. The largest absolute Gasteiger partial charge is 0.325 e. The molecule has 160 valence electrons. The van der Waals surface area contributed by atoms with Crippen molar-refractivity contribution in [2.75, 3.05) is 5.32 Å². The fourth-order valence-corrected chi connectivity index (χ4v) is 4.61. The number of carbonyl (C=O) groups is 2. The lowest BCUT2D eigenvalue weighted by molar-refractivity contribution is -0.125. The second-order valence-electron chi connectivity index (χ2n) is 8.10. The number of nitrogens with one attached hydrogen (secondary N) is 1. The zero-order chi connectivity index (χ0) is 22.1. The normalized spacial score (nSPS) is 18.3. The van der Waals surface area contributed by atoms with Crippen LogP contribution >= 0.6 is 11.8 Å². The second kappa shape index (κ2) is 8.67. The van der Waals surface area contributed by atoms with E-state index in [1.54, 1.807) is 4.90 Å². The maximum atomic E-state index is 13.2. The van der Waals surface area contributed by atoms with Gasteiger partial charge in [-0.1, -0.05) is 62.4 Å². The van der Waals surface area contributed by atoms with Gasteiger partial charge in [0.2, 0.25) is 5.91 Å². The summed E-state index contributed by atoms with van der Waals surface area (Å²) >= 11 is 1.32. The Morgan fingerprint density at radius 2 is 1.87 bits per heavy atom. The molecule has 0 spiro atoms. The van der Waals surface area contributed by atoms with Crippen molar-refractivity contribution >= 4 is 46.0 Å². The fraction of sp³-hybridized carbons (Fsp3) is 0.333. The molecule has 4 rings (SSSR count). The van der Waals surface area contributed by atoms with Gasteiger partial charge < -0.3 is 5.32 Å². The Morgan fingerprint density at radius 3 is 2.55 bits per heavy atom. The summed E-state index contributed by atoms with van der Waals surface area (Å²) in [5, 5.41) is 3.10. The van der Waals surface area contributed by atoms with Crippen LogP contribution in [0.3, 0.4) is 0 Å². The highest BCUT2D eigenvalue weighted by molar-refractivity contribution is 8.15. The van der Waals surface area contributed by atoms with E-state index in [1.165, 1.54) is 11.8 Å². The van der Waals surface area contributed by atoms with Crippen LogP contribution in [-0.2, 0) is 9.59 Å². The average molecular weight is 435 g/mol. The number of carbonyl (C=O) groups excluding carboxylic acids is 2. The van der Waals surface area contributed by atoms with Crippen LogP contribution in [0.2, 0.25) is 0 Å². The van der Waals surface area contributed by atoms with Crippen molar-refractivity contribution in [2.45, 2.75) is 45.4 Å². The van der Waals surface area contributed by atoms with Crippen LogP contribution in [0.15, 0.2) is 58.5 Å². The topological polar surface area (TPSA) is 74.1 Å². The van der Waals surface area contributed by atoms with Gasteiger partial charge in [-0.3, -0.25) is 14.6 Å². The molecule has 0 radical (unpaired) electrons. The minimum Gasteiger partial charge on any atom is -0.325 e. The van der Waals surface area contributed by atoms with Gasteiger partial charge in [-0.25, -0.2) is 9.89 Å². The van der Waals surface area contributed by atoms with E-state index in [4.69, 9.17) is 9.98 Å². The Morgan fingerprint density at radius 1 is 1.16 bits per heavy atom. The van der Waals surface area contributed by atoms with Crippen molar-refractivity contribution in [1.29, 1.82) is 0 Å². The number of hydrogen-bond donors (Lipinski definition) is 1. The SMILES string of the molecule is CC[C@@H](SC1=Nc2ccccc2C2=N[C@H](C(C)C)C(=O)N12)C(=O)Nc1ccc(C)cc1. The molecular weight excluding hydrogens is 408 g/mol. The maximum Gasteiger partial charge on any atom is 0.259 e. The standard InChI is InChI=1S/C24H26N4O2S/c1-5-19(22(29)25-16-12-10-15(4)11-13-16)31-24-26-18-9-7-6-8-17(18)21-27-20(14(2)3)23(30)28(21)24/h6-14,19-20H,5H2,1-4H3,(H,25,29)/t19-,20-/m1/s1. The zero-order valence-corrected chi connectivity index (χ0v) is 18.9. The summed E-state index contributed by atoms with van der Waals surface area (Å²) in [4.78, 5) is 37.2. The molecule has 0 fully saturated rings. The number of amides is 2. The number of thioether (sulfide) groups is 1. The molecule has 2 heterocycles. The second-order valence-corrected chi connectivity index (χ2v) is 9.27. The lowest BCUT2D eigenvalue weighted by Crippen LogP contribution is -2.43. The summed E-state index contributed by atoms with van der Waals surface area (Å²) in [5.41, 5.74) is 3.50. The van der Waals surface area contributed by atoms with Gasteiger partial charge in [-0.2, -0.15) is 0 Å². The molecular formula is C24H26N4O2S. The Balaban J connectivity index is 1.62. The molecule has 2 aliphatic heterocycles. The average Bonchev–Trinajstić information content (AvgIpc) is 3.11. The Kier molecular flexibility index (Phi) is 5.96. The van der Waals surface area contributed by atoms with Gasteiger partial charge in [0.05, 0.1) is 10.9 Å². The summed E-state index contributed by atoms with van der Waals surface area (Å²) < 4.78 is 0. The molecule has 0 aliphatic carbocycles. The summed E-state index contributed by atoms with van der Waals surface area (Å²) in [7, 11) is 0. The number of fused-ring (bicyclic) bond motifs is 3. The molecule has 2 aliphatic rings. The number of para-hydroxylation sites is 1. The molecule has 2 atom stereocenters. The Labute approximate surface area is 186 Å². The number of aryl methyl sites for hydroxylation is 1. The highest BCUT2D eigenvalue weighted by Gasteiger charge is 2.43. The summed E-state index contributed by atoms with van der Waals surface area (Å²) in [6.07, 6.45) is 0.602. The van der Waals surface area contributed by atoms with Crippen LogP contribution in [0, 0.1) is 12.8 Å². The van der Waals surface area contributed by atoms with Gasteiger partial charge >= 0.3 is 0 Å². The van der Waals surface area contributed by atoms with Crippen molar-refractivity contribution in [3.05, 3.63) is 59.7 Å². The monoisotopic (exact) mass is 434 g/mol. The molecule has 2 aromatic rings. The van der Waals surface area contributed by atoms with E-state index in [-0.39, 0.29) is 17.7 Å². The van der Waals surface area contributed by atoms with Crippen LogP contribution in [0.4, 0.5) is 11.4 Å². The molecule has 2 amide bonds. The molecule has 2 aromatic carbocycles.